The first-order valence-electron chi connectivity index (χ1n) is 9.49. The summed E-state index contributed by atoms with van der Waals surface area (Å²) >= 11 is 0. The van der Waals surface area contributed by atoms with Crippen LogP contribution in [0.15, 0.2) is 30.6 Å². The van der Waals surface area contributed by atoms with Gasteiger partial charge in [0.2, 0.25) is 11.8 Å². The van der Waals surface area contributed by atoms with Crippen molar-refractivity contribution >= 4 is 17.5 Å². The number of fused-ring (bicyclic) bond motifs is 2. The fraction of sp³-hybridized carbons (Fsp3) is 0.500. The number of carbonyl (C=O) groups is 2. The van der Waals surface area contributed by atoms with Gasteiger partial charge in [-0.05, 0) is 34.9 Å². The number of hydrogen-bond acceptors (Lipinski definition) is 7. The number of likely N-dealkylation sites (tertiary alicyclic amines) is 1. The van der Waals surface area contributed by atoms with E-state index >= 15 is 0 Å². The second kappa shape index (κ2) is 6.35. The Hall–Kier alpha value is -2.85. The molecule has 4 heterocycles. The number of piperidine rings is 1. The molecular formula is C18H22N8O2. The van der Waals surface area contributed by atoms with Crippen LogP contribution in [0.5, 0.6) is 0 Å². The molecule has 5 rings (SSSR count). The van der Waals surface area contributed by atoms with E-state index in [1.54, 1.807) is 9.58 Å². The molecule has 3 aliphatic heterocycles. The van der Waals surface area contributed by atoms with Crippen LogP contribution in [0.1, 0.15) is 24.6 Å². The molecule has 0 radical (unpaired) electrons. The van der Waals surface area contributed by atoms with Gasteiger partial charge >= 0.3 is 0 Å². The summed E-state index contributed by atoms with van der Waals surface area (Å²) in [5.41, 5.74) is 7.66. The molecule has 146 valence electrons. The van der Waals surface area contributed by atoms with Crippen molar-refractivity contribution in [3.8, 4) is 0 Å². The van der Waals surface area contributed by atoms with Gasteiger partial charge in [0, 0.05) is 32.4 Å². The number of tetrazole rings is 1. The number of anilines is 1. The number of amides is 2. The van der Waals surface area contributed by atoms with Crippen molar-refractivity contribution in [3.63, 3.8) is 0 Å². The molecule has 2 atom stereocenters. The van der Waals surface area contributed by atoms with Gasteiger partial charge in [-0.2, -0.15) is 0 Å². The Balaban J connectivity index is 1.34. The second-order valence-electron chi connectivity index (χ2n) is 7.66. The van der Waals surface area contributed by atoms with Crippen LogP contribution < -0.4 is 15.8 Å². The van der Waals surface area contributed by atoms with Gasteiger partial charge in [0.1, 0.15) is 12.5 Å². The molecule has 0 aliphatic carbocycles. The average Bonchev–Trinajstić information content (AvgIpc) is 3.46. The van der Waals surface area contributed by atoms with E-state index in [1.165, 1.54) is 6.33 Å². The number of likely N-dealkylation sites (N-methyl/N-ethyl adjacent to an activating group) is 1. The minimum atomic E-state index is -0.510. The molecule has 10 nitrogen and oxygen atoms in total. The molecular weight excluding hydrogens is 360 g/mol. The molecule has 2 amide bonds. The van der Waals surface area contributed by atoms with Gasteiger partial charge in [-0.1, -0.05) is 18.2 Å². The molecule has 1 aromatic heterocycles. The molecule has 3 aliphatic rings. The summed E-state index contributed by atoms with van der Waals surface area (Å²) in [6, 6.07) is 7.98. The van der Waals surface area contributed by atoms with Crippen LogP contribution in [-0.4, -0.2) is 63.6 Å². The third kappa shape index (κ3) is 2.38. The van der Waals surface area contributed by atoms with Gasteiger partial charge < -0.3 is 9.80 Å². The smallest absolute Gasteiger partial charge is 0.237 e. The Morgan fingerprint density at radius 3 is 2.79 bits per heavy atom. The number of aromatic nitrogens is 4. The molecule has 0 saturated carbocycles. The number of hydrazine groups is 1. The number of para-hydroxylation sites is 1. The van der Waals surface area contributed by atoms with Crippen molar-refractivity contribution in [1.29, 1.82) is 0 Å². The van der Waals surface area contributed by atoms with Crippen molar-refractivity contribution in [3.05, 3.63) is 36.2 Å². The van der Waals surface area contributed by atoms with Crippen molar-refractivity contribution in [2.75, 3.05) is 31.6 Å². The average molecular weight is 382 g/mol. The quantitative estimate of drug-likeness (QED) is 0.716. The standard InChI is InChI=1S/C18H22N8O2/c1-24-14-5-3-2-4-13(14)18(17(24)28)6-8-25(9-7-18)16(27)12-10-19-21-15(12)26-11-20-22-23-26/h2-5,11-12,15,19,21H,6-10H2,1H3. The van der Waals surface area contributed by atoms with Gasteiger partial charge in [-0.3, -0.25) is 15.0 Å². The Morgan fingerprint density at radius 1 is 1.25 bits per heavy atom. The normalized spacial score (nSPS) is 26.1. The minimum absolute atomic E-state index is 0.0555. The molecule has 2 N–H and O–H groups in total. The highest BCUT2D eigenvalue weighted by molar-refractivity contribution is 6.07. The number of carbonyl (C=O) groups excluding carboxylic acids is 2. The lowest BCUT2D eigenvalue weighted by Crippen LogP contribution is -2.51. The highest BCUT2D eigenvalue weighted by Gasteiger charge is 2.52. The zero-order chi connectivity index (χ0) is 19.3. The Morgan fingerprint density at radius 2 is 2.04 bits per heavy atom. The van der Waals surface area contributed by atoms with E-state index in [0.29, 0.717) is 32.5 Å². The fourth-order valence-corrected chi connectivity index (χ4v) is 4.80. The second-order valence-corrected chi connectivity index (χ2v) is 7.66. The van der Waals surface area contributed by atoms with Gasteiger partial charge in [-0.15, -0.1) is 5.10 Å². The summed E-state index contributed by atoms with van der Waals surface area (Å²) in [7, 11) is 1.83. The van der Waals surface area contributed by atoms with Gasteiger partial charge in [0.05, 0.1) is 11.3 Å². The fourth-order valence-electron chi connectivity index (χ4n) is 4.80. The third-order valence-electron chi connectivity index (χ3n) is 6.34. The summed E-state index contributed by atoms with van der Waals surface area (Å²) < 4.78 is 1.56. The zero-order valence-corrected chi connectivity index (χ0v) is 15.6. The molecule has 2 fully saturated rings. The van der Waals surface area contributed by atoms with E-state index in [9.17, 15) is 9.59 Å². The van der Waals surface area contributed by atoms with E-state index in [4.69, 9.17) is 0 Å². The Kier molecular flexibility index (Phi) is 3.91. The Bertz CT molecular complexity index is 906. The maximum absolute atomic E-state index is 13.2. The molecule has 1 aromatic carbocycles. The number of hydrogen-bond donors (Lipinski definition) is 2. The lowest BCUT2D eigenvalue weighted by molar-refractivity contribution is -0.139. The molecule has 28 heavy (non-hydrogen) atoms. The molecule has 2 saturated heterocycles. The van der Waals surface area contributed by atoms with Gasteiger partial charge in [0.25, 0.3) is 0 Å². The highest BCUT2D eigenvalue weighted by atomic mass is 16.2. The van der Waals surface area contributed by atoms with Crippen LogP contribution >= 0.6 is 0 Å². The van der Waals surface area contributed by atoms with Gasteiger partial charge in [0.15, 0.2) is 0 Å². The van der Waals surface area contributed by atoms with Crippen LogP contribution in [0.25, 0.3) is 0 Å². The summed E-state index contributed by atoms with van der Waals surface area (Å²) in [5.74, 6) is -0.108. The summed E-state index contributed by atoms with van der Waals surface area (Å²) in [6.07, 6.45) is 2.46. The van der Waals surface area contributed by atoms with E-state index in [2.05, 4.69) is 26.4 Å². The van der Waals surface area contributed by atoms with E-state index in [-0.39, 0.29) is 23.9 Å². The van der Waals surface area contributed by atoms with Crippen molar-refractivity contribution in [2.45, 2.75) is 24.4 Å². The first-order valence-corrected chi connectivity index (χ1v) is 9.49. The number of rotatable bonds is 2. The lowest BCUT2D eigenvalue weighted by Gasteiger charge is -2.39. The van der Waals surface area contributed by atoms with Crippen molar-refractivity contribution in [1.82, 2.24) is 36.0 Å². The molecule has 2 unspecified atom stereocenters. The first kappa shape index (κ1) is 17.3. The minimum Gasteiger partial charge on any atom is -0.342 e. The summed E-state index contributed by atoms with van der Waals surface area (Å²) in [4.78, 5) is 29.9. The monoisotopic (exact) mass is 382 g/mol. The Labute approximate surface area is 161 Å². The van der Waals surface area contributed by atoms with Crippen LogP contribution in [0, 0.1) is 5.92 Å². The topological polar surface area (TPSA) is 108 Å². The van der Waals surface area contributed by atoms with Crippen LogP contribution in [-0.2, 0) is 15.0 Å². The predicted molar refractivity (Wildman–Crippen MR) is 98.8 cm³/mol. The van der Waals surface area contributed by atoms with E-state index in [0.717, 1.165) is 11.3 Å². The zero-order valence-electron chi connectivity index (χ0n) is 15.6. The maximum Gasteiger partial charge on any atom is 0.237 e. The van der Waals surface area contributed by atoms with Crippen molar-refractivity contribution < 1.29 is 9.59 Å². The SMILES string of the molecule is CN1C(=O)C2(CCN(C(=O)C3CNNC3n3cnnn3)CC2)c2ccccc21. The van der Waals surface area contributed by atoms with Crippen LogP contribution in [0.2, 0.25) is 0 Å². The molecule has 10 heteroatoms. The van der Waals surface area contributed by atoms with Crippen LogP contribution in [0.3, 0.4) is 0 Å². The lowest BCUT2D eigenvalue weighted by atomic mass is 9.73. The number of benzene rings is 1. The predicted octanol–water partition coefficient (Wildman–Crippen LogP) is -0.567. The molecule has 1 spiro atoms. The summed E-state index contributed by atoms with van der Waals surface area (Å²) in [5, 5.41) is 11.2. The van der Waals surface area contributed by atoms with E-state index < -0.39 is 5.41 Å². The van der Waals surface area contributed by atoms with Crippen molar-refractivity contribution in [2.24, 2.45) is 5.92 Å². The van der Waals surface area contributed by atoms with Crippen LogP contribution in [0.4, 0.5) is 5.69 Å². The highest BCUT2D eigenvalue weighted by Crippen LogP contribution is 2.47. The molecule has 2 aromatic rings. The first-order chi connectivity index (χ1) is 13.6. The largest absolute Gasteiger partial charge is 0.342 e. The van der Waals surface area contributed by atoms with E-state index in [1.807, 2.05) is 36.2 Å². The maximum atomic E-state index is 13.2. The third-order valence-corrected chi connectivity index (χ3v) is 6.34. The number of nitrogens with zero attached hydrogens (tertiary/aromatic N) is 6. The number of nitrogens with one attached hydrogen (secondary N) is 2. The summed E-state index contributed by atoms with van der Waals surface area (Å²) in [6.45, 7) is 1.63. The van der Waals surface area contributed by atoms with Gasteiger partial charge in [-0.25, -0.2) is 10.1 Å². The molecule has 0 bridgehead atoms.